The number of nitrogens with zero attached hydrogens (tertiary/aromatic N) is 4. The standard InChI is InChI=1S/C22H24N6O3S/c1-11-16(8-25-27-11)20-21(23)24-9-17(26-20)14-6-15-10-28(12(2)13-4-5-13)22(29)19(15)18(7-14)32(3,30)31/h6-9,12-13H,4-5,10H2,1-3H3,(H2,23,24)(H,25,27)/t12-/m0/s1. The van der Waals surface area contributed by atoms with Crippen molar-refractivity contribution in [3.63, 3.8) is 0 Å². The zero-order chi connectivity index (χ0) is 22.8. The van der Waals surface area contributed by atoms with Crippen LogP contribution in [-0.4, -0.2) is 51.7 Å². The van der Waals surface area contributed by atoms with Gasteiger partial charge in [0, 0.05) is 36.2 Å². The Bertz CT molecular complexity index is 1360. The van der Waals surface area contributed by atoms with E-state index in [-0.39, 0.29) is 28.2 Å². The SMILES string of the molecule is Cc1n[nH]cc1-c1nc(-c2cc3c(c(S(C)(=O)=O)c2)C(=O)N([C@@H](C)C2CC2)C3)cnc1N. The first kappa shape index (κ1) is 20.6. The highest BCUT2D eigenvalue weighted by molar-refractivity contribution is 7.90. The highest BCUT2D eigenvalue weighted by Gasteiger charge is 2.40. The molecule has 3 heterocycles. The normalized spacial score (nSPS) is 17.0. The summed E-state index contributed by atoms with van der Waals surface area (Å²) < 4.78 is 25.3. The number of amides is 1. The number of aromatic nitrogens is 4. The van der Waals surface area contributed by atoms with E-state index in [1.165, 1.54) is 12.3 Å². The number of aromatic amines is 1. The number of H-pyrrole nitrogens is 1. The molecule has 0 saturated heterocycles. The molecule has 5 rings (SSSR count). The average molecular weight is 453 g/mol. The topological polar surface area (TPSA) is 135 Å². The van der Waals surface area contributed by atoms with Gasteiger partial charge >= 0.3 is 0 Å². The quantitative estimate of drug-likeness (QED) is 0.607. The van der Waals surface area contributed by atoms with Gasteiger partial charge in [-0.15, -0.1) is 0 Å². The second kappa shape index (κ2) is 7.13. The number of sulfone groups is 1. The number of nitrogens with one attached hydrogen (secondary N) is 1. The molecule has 166 valence electrons. The molecule has 2 aromatic heterocycles. The molecule has 1 atom stereocenters. The summed E-state index contributed by atoms with van der Waals surface area (Å²) in [5.74, 6) is 0.518. The number of anilines is 1. The average Bonchev–Trinajstić information content (AvgIpc) is 3.43. The fraction of sp³-hybridized carbons (Fsp3) is 0.364. The summed E-state index contributed by atoms with van der Waals surface area (Å²) in [4.78, 5) is 23.9. The highest BCUT2D eigenvalue weighted by Crippen LogP contribution is 2.40. The van der Waals surface area contributed by atoms with Gasteiger partial charge < -0.3 is 10.6 Å². The van der Waals surface area contributed by atoms with Crippen LogP contribution in [0.15, 0.2) is 29.4 Å². The van der Waals surface area contributed by atoms with Gasteiger partial charge in [0.05, 0.1) is 28.0 Å². The largest absolute Gasteiger partial charge is 0.382 e. The Kier molecular flexibility index (Phi) is 4.59. The fourth-order valence-electron chi connectivity index (χ4n) is 4.38. The number of aryl methyl sites for hydroxylation is 1. The lowest BCUT2D eigenvalue weighted by Crippen LogP contribution is -2.35. The lowest BCUT2D eigenvalue weighted by atomic mass is 10.0. The van der Waals surface area contributed by atoms with Crippen LogP contribution in [0.1, 0.15) is 41.4 Å². The summed E-state index contributed by atoms with van der Waals surface area (Å²) in [6.45, 7) is 4.25. The maximum atomic E-state index is 13.2. The smallest absolute Gasteiger partial charge is 0.256 e. The number of rotatable bonds is 5. The molecule has 1 amide bonds. The lowest BCUT2D eigenvalue weighted by Gasteiger charge is -2.24. The minimum Gasteiger partial charge on any atom is -0.382 e. The van der Waals surface area contributed by atoms with Gasteiger partial charge in [0.15, 0.2) is 9.84 Å². The van der Waals surface area contributed by atoms with Crippen LogP contribution < -0.4 is 5.73 Å². The Morgan fingerprint density at radius 1 is 1.28 bits per heavy atom. The Hall–Kier alpha value is -3.27. The summed E-state index contributed by atoms with van der Waals surface area (Å²) >= 11 is 0. The first-order valence-corrected chi connectivity index (χ1v) is 12.4. The third-order valence-electron chi connectivity index (χ3n) is 6.38. The van der Waals surface area contributed by atoms with Crippen LogP contribution in [0.2, 0.25) is 0 Å². The summed E-state index contributed by atoms with van der Waals surface area (Å²) in [6, 6.07) is 3.44. The summed E-state index contributed by atoms with van der Waals surface area (Å²) in [5, 5.41) is 6.90. The molecule has 2 aliphatic rings. The molecular formula is C22H24N6O3S. The molecule has 1 saturated carbocycles. The molecule has 1 aromatic carbocycles. The summed E-state index contributed by atoms with van der Waals surface area (Å²) in [5.41, 5.74) is 10.00. The lowest BCUT2D eigenvalue weighted by molar-refractivity contribution is 0.0694. The van der Waals surface area contributed by atoms with Gasteiger partial charge in [-0.25, -0.2) is 18.4 Å². The minimum absolute atomic E-state index is 0.0279. The minimum atomic E-state index is -3.65. The third-order valence-corrected chi connectivity index (χ3v) is 7.50. The van der Waals surface area contributed by atoms with E-state index in [2.05, 4.69) is 20.2 Å². The second-order valence-corrected chi connectivity index (χ2v) is 10.6. The van der Waals surface area contributed by atoms with Crippen molar-refractivity contribution in [1.29, 1.82) is 0 Å². The van der Waals surface area contributed by atoms with Crippen LogP contribution in [0.3, 0.4) is 0 Å². The first-order valence-electron chi connectivity index (χ1n) is 10.5. The molecule has 0 spiro atoms. The number of nitrogen functional groups attached to an aromatic ring is 1. The molecule has 10 heteroatoms. The van der Waals surface area contributed by atoms with Crippen LogP contribution >= 0.6 is 0 Å². The molecule has 0 bridgehead atoms. The number of nitrogens with two attached hydrogens (primary N) is 1. The van der Waals surface area contributed by atoms with Crippen LogP contribution in [0, 0.1) is 12.8 Å². The fourth-order valence-corrected chi connectivity index (χ4v) is 5.31. The van der Waals surface area contributed by atoms with Crippen molar-refractivity contribution in [3.05, 3.63) is 41.3 Å². The zero-order valence-electron chi connectivity index (χ0n) is 18.1. The van der Waals surface area contributed by atoms with E-state index in [4.69, 9.17) is 5.73 Å². The van der Waals surface area contributed by atoms with Crippen molar-refractivity contribution in [2.45, 2.75) is 44.2 Å². The molecule has 3 N–H and O–H groups in total. The van der Waals surface area contributed by atoms with E-state index in [0.29, 0.717) is 35.0 Å². The molecule has 0 radical (unpaired) electrons. The van der Waals surface area contributed by atoms with Crippen LogP contribution in [0.5, 0.6) is 0 Å². The maximum absolute atomic E-state index is 13.2. The monoisotopic (exact) mass is 452 g/mol. The Labute approximate surface area is 186 Å². The van der Waals surface area contributed by atoms with Crippen molar-refractivity contribution in [2.75, 3.05) is 12.0 Å². The predicted molar refractivity (Wildman–Crippen MR) is 119 cm³/mol. The summed E-state index contributed by atoms with van der Waals surface area (Å²) in [6.07, 6.45) is 6.54. The predicted octanol–water partition coefficient (Wildman–Crippen LogP) is 2.58. The number of hydrogen-bond acceptors (Lipinski definition) is 7. The van der Waals surface area contributed by atoms with E-state index in [1.54, 1.807) is 11.1 Å². The molecule has 9 nitrogen and oxygen atoms in total. The Morgan fingerprint density at radius 3 is 2.66 bits per heavy atom. The van der Waals surface area contributed by atoms with Crippen molar-refractivity contribution >= 4 is 21.6 Å². The number of carbonyl (C=O) groups is 1. The maximum Gasteiger partial charge on any atom is 0.256 e. The van der Waals surface area contributed by atoms with Gasteiger partial charge in [-0.3, -0.25) is 9.89 Å². The molecule has 1 fully saturated rings. The van der Waals surface area contributed by atoms with Gasteiger partial charge in [-0.1, -0.05) is 0 Å². The Balaban J connectivity index is 1.64. The highest BCUT2D eigenvalue weighted by atomic mass is 32.2. The van der Waals surface area contributed by atoms with Gasteiger partial charge in [0.1, 0.15) is 11.5 Å². The van der Waals surface area contributed by atoms with Gasteiger partial charge in [-0.05, 0) is 50.3 Å². The molecular weight excluding hydrogens is 428 g/mol. The molecule has 0 unspecified atom stereocenters. The number of fused-ring (bicyclic) bond motifs is 1. The van der Waals surface area contributed by atoms with Crippen molar-refractivity contribution in [3.8, 4) is 22.5 Å². The van der Waals surface area contributed by atoms with Crippen LogP contribution in [0.4, 0.5) is 5.82 Å². The van der Waals surface area contributed by atoms with E-state index in [9.17, 15) is 13.2 Å². The molecule has 1 aliphatic carbocycles. The number of carbonyl (C=O) groups excluding carboxylic acids is 1. The third kappa shape index (κ3) is 3.35. The first-order chi connectivity index (χ1) is 15.1. The summed E-state index contributed by atoms with van der Waals surface area (Å²) in [7, 11) is -3.65. The van der Waals surface area contributed by atoms with E-state index in [0.717, 1.165) is 30.4 Å². The molecule has 3 aromatic rings. The number of hydrogen-bond donors (Lipinski definition) is 2. The van der Waals surface area contributed by atoms with Crippen LogP contribution in [-0.2, 0) is 16.4 Å². The molecule has 1 aliphatic heterocycles. The van der Waals surface area contributed by atoms with Crippen molar-refractivity contribution in [1.82, 2.24) is 25.1 Å². The van der Waals surface area contributed by atoms with E-state index >= 15 is 0 Å². The van der Waals surface area contributed by atoms with Gasteiger partial charge in [0.2, 0.25) is 0 Å². The van der Waals surface area contributed by atoms with Crippen molar-refractivity contribution in [2.24, 2.45) is 5.92 Å². The van der Waals surface area contributed by atoms with Gasteiger partial charge in [0.25, 0.3) is 5.91 Å². The second-order valence-electron chi connectivity index (χ2n) is 8.67. The Morgan fingerprint density at radius 2 is 2.03 bits per heavy atom. The zero-order valence-corrected chi connectivity index (χ0v) is 18.9. The van der Waals surface area contributed by atoms with E-state index < -0.39 is 9.84 Å². The van der Waals surface area contributed by atoms with Gasteiger partial charge in [-0.2, -0.15) is 5.10 Å². The number of benzene rings is 1. The molecule has 32 heavy (non-hydrogen) atoms. The van der Waals surface area contributed by atoms with Crippen LogP contribution in [0.25, 0.3) is 22.5 Å². The van der Waals surface area contributed by atoms with Crippen molar-refractivity contribution < 1.29 is 13.2 Å². The van der Waals surface area contributed by atoms with E-state index in [1.807, 2.05) is 19.9 Å².